The molecule has 6 heteroatoms. The molecule has 0 radical (unpaired) electrons. The number of rotatable bonds is 7. The number of aliphatic imine (C=N–C) groups is 1. The fourth-order valence-electron chi connectivity index (χ4n) is 4.25. The summed E-state index contributed by atoms with van der Waals surface area (Å²) >= 11 is 0. The van der Waals surface area contributed by atoms with E-state index in [-0.39, 0.29) is 12.4 Å². The van der Waals surface area contributed by atoms with Gasteiger partial charge in [0, 0.05) is 22.1 Å². The second-order valence-electron chi connectivity index (χ2n) is 7.89. The van der Waals surface area contributed by atoms with Crippen molar-refractivity contribution >= 4 is 22.8 Å². The molecule has 1 aliphatic heterocycles. The average Bonchev–Trinajstić information content (AvgIpc) is 3.45. The molecule has 166 valence electrons. The summed E-state index contributed by atoms with van der Waals surface area (Å²) in [6.45, 7) is 3.06. The van der Waals surface area contributed by atoms with E-state index in [1.807, 2.05) is 42.5 Å². The van der Waals surface area contributed by atoms with Gasteiger partial charge in [-0.2, -0.15) is 0 Å². The molecule has 1 aromatic heterocycles. The molecule has 0 aliphatic carbocycles. The molecule has 2 heterocycles. The summed E-state index contributed by atoms with van der Waals surface area (Å²) in [6, 6.07) is 19.7. The number of para-hydroxylation sites is 1. The predicted molar refractivity (Wildman–Crippen MR) is 127 cm³/mol. The van der Waals surface area contributed by atoms with E-state index in [2.05, 4.69) is 23.2 Å². The van der Waals surface area contributed by atoms with Crippen molar-refractivity contribution < 1.29 is 18.7 Å². The van der Waals surface area contributed by atoms with Crippen molar-refractivity contribution in [3.8, 4) is 16.9 Å². The van der Waals surface area contributed by atoms with Crippen LogP contribution in [-0.4, -0.2) is 18.4 Å². The molecule has 1 aliphatic rings. The topological polar surface area (TPSA) is 87.0 Å². The SMILES string of the molecule is CCOC(=O)Cc1ccccc1OCc1cc(-c2cccc3c2CN=C3N)c2occc2c1. The van der Waals surface area contributed by atoms with Crippen molar-refractivity contribution in [2.75, 3.05) is 6.61 Å². The zero-order chi connectivity index (χ0) is 22.8. The fourth-order valence-corrected chi connectivity index (χ4v) is 4.25. The lowest BCUT2D eigenvalue weighted by Crippen LogP contribution is -2.10. The van der Waals surface area contributed by atoms with Crippen LogP contribution < -0.4 is 10.5 Å². The largest absolute Gasteiger partial charge is 0.489 e. The molecule has 4 aromatic rings. The number of furan rings is 1. The standard InChI is InChI=1S/C27H24N2O4/c1-2-31-25(30)14-18-6-3-4-9-24(18)33-16-17-12-19-10-11-32-26(19)22(13-17)20-7-5-8-21-23(20)15-29-27(21)28/h3-13H,2,14-16H2,1H3,(H2,28,29). The Hall–Kier alpha value is -4.06. The quantitative estimate of drug-likeness (QED) is 0.409. The summed E-state index contributed by atoms with van der Waals surface area (Å²) < 4.78 is 17.1. The zero-order valence-corrected chi connectivity index (χ0v) is 18.3. The lowest BCUT2D eigenvalue weighted by molar-refractivity contribution is -0.142. The molecule has 6 nitrogen and oxygen atoms in total. The Balaban J connectivity index is 1.46. The minimum Gasteiger partial charge on any atom is -0.489 e. The minimum atomic E-state index is -0.268. The molecule has 2 N–H and O–H groups in total. The van der Waals surface area contributed by atoms with Crippen LogP contribution in [0.15, 0.2) is 76.3 Å². The van der Waals surface area contributed by atoms with Crippen molar-refractivity contribution in [2.24, 2.45) is 10.7 Å². The molecule has 0 atom stereocenters. The highest BCUT2D eigenvalue weighted by molar-refractivity contribution is 6.04. The zero-order valence-electron chi connectivity index (χ0n) is 18.3. The Morgan fingerprint density at radius 3 is 2.79 bits per heavy atom. The van der Waals surface area contributed by atoms with E-state index in [1.165, 1.54) is 0 Å². The molecule has 3 aromatic carbocycles. The van der Waals surface area contributed by atoms with Gasteiger partial charge in [0.1, 0.15) is 23.8 Å². The van der Waals surface area contributed by atoms with Gasteiger partial charge in [-0.05, 0) is 47.9 Å². The van der Waals surface area contributed by atoms with Crippen LogP contribution >= 0.6 is 0 Å². The van der Waals surface area contributed by atoms with E-state index in [0.29, 0.717) is 31.3 Å². The van der Waals surface area contributed by atoms with Gasteiger partial charge in [0.25, 0.3) is 0 Å². The summed E-state index contributed by atoms with van der Waals surface area (Å²) in [6.07, 6.45) is 1.87. The first-order valence-electron chi connectivity index (χ1n) is 10.9. The van der Waals surface area contributed by atoms with Gasteiger partial charge in [0.15, 0.2) is 0 Å². The van der Waals surface area contributed by atoms with Crippen LogP contribution in [0, 0.1) is 0 Å². The van der Waals surface area contributed by atoms with Gasteiger partial charge < -0.3 is 19.6 Å². The smallest absolute Gasteiger partial charge is 0.310 e. The third-order valence-corrected chi connectivity index (χ3v) is 5.77. The normalized spacial score (nSPS) is 12.5. The summed E-state index contributed by atoms with van der Waals surface area (Å²) in [5, 5.41) is 0.996. The number of hydrogen-bond donors (Lipinski definition) is 1. The van der Waals surface area contributed by atoms with Crippen molar-refractivity contribution in [3.63, 3.8) is 0 Å². The Morgan fingerprint density at radius 2 is 1.91 bits per heavy atom. The van der Waals surface area contributed by atoms with E-state index < -0.39 is 0 Å². The van der Waals surface area contributed by atoms with Gasteiger partial charge in [-0.3, -0.25) is 9.79 Å². The molecular formula is C27H24N2O4. The van der Waals surface area contributed by atoms with Crippen molar-refractivity contribution in [1.82, 2.24) is 0 Å². The number of fused-ring (bicyclic) bond motifs is 2. The maximum atomic E-state index is 12.0. The average molecular weight is 440 g/mol. The summed E-state index contributed by atoms with van der Waals surface area (Å²) in [5.41, 5.74) is 12.8. The van der Waals surface area contributed by atoms with Crippen LogP contribution in [0.5, 0.6) is 5.75 Å². The maximum Gasteiger partial charge on any atom is 0.310 e. The molecule has 0 spiro atoms. The number of carbonyl (C=O) groups is 1. The van der Waals surface area contributed by atoms with Gasteiger partial charge in [-0.1, -0.05) is 36.4 Å². The van der Waals surface area contributed by atoms with E-state index in [9.17, 15) is 4.79 Å². The van der Waals surface area contributed by atoms with Crippen LogP contribution in [0.3, 0.4) is 0 Å². The van der Waals surface area contributed by atoms with Gasteiger partial charge in [0.2, 0.25) is 0 Å². The first-order chi connectivity index (χ1) is 16.1. The molecule has 0 amide bonds. The van der Waals surface area contributed by atoms with Gasteiger partial charge in [0.05, 0.1) is 25.8 Å². The number of esters is 1. The Bertz CT molecular complexity index is 1370. The number of carbonyl (C=O) groups excluding carboxylic acids is 1. The number of ether oxygens (including phenoxy) is 2. The third kappa shape index (κ3) is 4.07. The van der Waals surface area contributed by atoms with Crippen molar-refractivity contribution in [3.05, 3.63) is 89.2 Å². The molecule has 0 bridgehead atoms. The number of nitrogens with zero attached hydrogens (tertiary/aromatic N) is 1. The second-order valence-corrected chi connectivity index (χ2v) is 7.89. The van der Waals surface area contributed by atoms with Crippen LogP contribution in [-0.2, 0) is 29.1 Å². The highest BCUT2D eigenvalue weighted by Gasteiger charge is 2.20. The number of hydrogen-bond acceptors (Lipinski definition) is 6. The number of amidine groups is 1. The molecule has 0 fully saturated rings. The highest BCUT2D eigenvalue weighted by Crippen LogP contribution is 2.36. The lowest BCUT2D eigenvalue weighted by atomic mass is 9.94. The Morgan fingerprint density at radius 1 is 1.06 bits per heavy atom. The van der Waals surface area contributed by atoms with Crippen LogP contribution in [0.25, 0.3) is 22.1 Å². The summed E-state index contributed by atoms with van der Waals surface area (Å²) in [4.78, 5) is 16.4. The second kappa shape index (κ2) is 8.82. The first-order valence-corrected chi connectivity index (χ1v) is 10.9. The predicted octanol–water partition coefficient (Wildman–Crippen LogP) is 5.00. The third-order valence-electron chi connectivity index (χ3n) is 5.77. The van der Waals surface area contributed by atoms with Crippen LogP contribution in [0.4, 0.5) is 0 Å². The van der Waals surface area contributed by atoms with Gasteiger partial charge in [-0.15, -0.1) is 0 Å². The van der Waals surface area contributed by atoms with Crippen molar-refractivity contribution in [1.29, 1.82) is 0 Å². The van der Waals surface area contributed by atoms with Crippen molar-refractivity contribution in [2.45, 2.75) is 26.5 Å². The molecule has 0 saturated carbocycles. The van der Waals surface area contributed by atoms with Gasteiger partial charge >= 0.3 is 5.97 Å². The maximum absolute atomic E-state index is 12.0. The molecule has 5 rings (SSSR count). The molecule has 33 heavy (non-hydrogen) atoms. The van der Waals surface area contributed by atoms with Crippen LogP contribution in [0.1, 0.15) is 29.2 Å². The van der Waals surface area contributed by atoms with Gasteiger partial charge in [-0.25, -0.2) is 0 Å². The summed E-state index contributed by atoms with van der Waals surface area (Å²) in [7, 11) is 0. The lowest BCUT2D eigenvalue weighted by Gasteiger charge is -2.14. The molecule has 0 unspecified atom stereocenters. The fraction of sp³-hybridized carbons (Fsp3) is 0.185. The van der Waals surface area contributed by atoms with E-state index in [0.717, 1.165) is 44.3 Å². The highest BCUT2D eigenvalue weighted by atomic mass is 16.5. The van der Waals surface area contributed by atoms with E-state index >= 15 is 0 Å². The number of nitrogens with two attached hydrogens (primary N) is 1. The van der Waals surface area contributed by atoms with E-state index in [1.54, 1.807) is 13.2 Å². The van der Waals surface area contributed by atoms with E-state index in [4.69, 9.17) is 19.6 Å². The molecular weight excluding hydrogens is 416 g/mol. The minimum absolute atomic E-state index is 0.174. The first kappa shape index (κ1) is 20.8. The molecule has 0 saturated heterocycles. The Kier molecular flexibility index (Phi) is 5.57. The Labute approximate surface area is 191 Å². The summed E-state index contributed by atoms with van der Waals surface area (Å²) in [5.74, 6) is 0.969. The number of benzene rings is 3. The van der Waals surface area contributed by atoms with Crippen LogP contribution in [0.2, 0.25) is 0 Å². The monoisotopic (exact) mass is 440 g/mol.